The fourth-order valence-electron chi connectivity index (χ4n) is 1.75. The minimum Gasteiger partial charge on any atom is -0.396 e. The summed E-state index contributed by atoms with van der Waals surface area (Å²) >= 11 is 9.16. The molecule has 1 heterocycles. The van der Waals surface area contributed by atoms with E-state index >= 15 is 0 Å². The molecule has 0 aliphatic heterocycles. The van der Waals surface area contributed by atoms with E-state index in [0.717, 1.165) is 10.0 Å². The van der Waals surface area contributed by atoms with Gasteiger partial charge in [-0.15, -0.1) is 0 Å². The standard InChI is InChI=1S/C13H13BrClN3O/c14-10-8-16-13(15)18-12(10)17-11(6-7-19)9-4-2-1-3-5-9/h1-5,8,11,19H,6-7H2,(H,16,17,18). The second-order valence-corrected chi connectivity index (χ2v) is 5.15. The van der Waals surface area contributed by atoms with E-state index in [1.165, 1.54) is 0 Å². The lowest BCUT2D eigenvalue weighted by Crippen LogP contribution is -2.14. The quantitative estimate of drug-likeness (QED) is 0.817. The second kappa shape index (κ2) is 6.84. The van der Waals surface area contributed by atoms with E-state index < -0.39 is 0 Å². The van der Waals surface area contributed by atoms with E-state index in [1.54, 1.807) is 6.20 Å². The molecule has 0 saturated carbocycles. The van der Waals surface area contributed by atoms with Crippen molar-refractivity contribution >= 4 is 33.3 Å². The van der Waals surface area contributed by atoms with E-state index in [9.17, 15) is 5.11 Å². The fraction of sp³-hybridized carbons (Fsp3) is 0.231. The monoisotopic (exact) mass is 341 g/mol. The third-order valence-corrected chi connectivity index (χ3v) is 3.41. The first-order valence-electron chi connectivity index (χ1n) is 5.81. The highest BCUT2D eigenvalue weighted by Crippen LogP contribution is 2.26. The Morgan fingerprint density at radius 1 is 1.32 bits per heavy atom. The predicted octanol–water partition coefficient (Wildman–Crippen LogP) is 3.43. The maximum atomic E-state index is 9.19. The third kappa shape index (κ3) is 3.89. The van der Waals surface area contributed by atoms with Crippen LogP contribution in [-0.4, -0.2) is 21.7 Å². The van der Waals surface area contributed by atoms with Crippen LogP contribution in [0.15, 0.2) is 41.0 Å². The largest absolute Gasteiger partial charge is 0.396 e. The number of benzene rings is 1. The summed E-state index contributed by atoms with van der Waals surface area (Å²) in [5.74, 6) is 0.613. The van der Waals surface area contributed by atoms with Gasteiger partial charge in [-0.2, -0.15) is 4.98 Å². The lowest BCUT2D eigenvalue weighted by molar-refractivity contribution is 0.280. The van der Waals surface area contributed by atoms with Crippen LogP contribution in [0, 0.1) is 0 Å². The summed E-state index contributed by atoms with van der Waals surface area (Å²) in [5.41, 5.74) is 1.08. The lowest BCUT2D eigenvalue weighted by atomic mass is 10.0. The summed E-state index contributed by atoms with van der Waals surface area (Å²) in [6.45, 7) is 0.0863. The molecule has 2 N–H and O–H groups in total. The Labute approximate surface area is 125 Å². The molecule has 100 valence electrons. The van der Waals surface area contributed by atoms with Crippen molar-refractivity contribution in [2.75, 3.05) is 11.9 Å². The van der Waals surface area contributed by atoms with Crippen molar-refractivity contribution in [1.29, 1.82) is 0 Å². The van der Waals surface area contributed by atoms with Gasteiger partial charge in [0, 0.05) is 12.8 Å². The number of rotatable bonds is 5. The zero-order valence-electron chi connectivity index (χ0n) is 10.1. The van der Waals surface area contributed by atoms with Gasteiger partial charge in [0.25, 0.3) is 0 Å². The molecule has 1 aromatic heterocycles. The highest BCUT2D eigenvalue weighted by atomic mass is 79.9. The van der Waals surface area contributed by atoms with Crippen LogP contribution in [0.25, 0.3) is 0 Å². The van der Waals surface area contributed by atoms with E-state index in [1.807, 2.05) is 30.3 Å². The van der Waals surface area contributed by atoms with Crippen molar-refractivity contribution in [3.63, 3.8) is 0 Å². The predicted molar refractivity (Wildman–Crippen MR) is 79.3 cm³/mol. The van der Waals surface area contributed by atoms with Crippen LogP contribution in [0.1, 0.15) is 18.0 Å². The molecule has 1 atom stereocenters. The topological polar surface area (TPSA) is 58.0 Å². The number of hydrogen-bond donors (Lipinski definition) is 2. The second-order valence-electron chi connectivity index (χ2n) is 3.96. The number of aliphatic hydroxyl groups excluding tert-OH is 1. The first kappa shape index (κ1) is 14.2. The van der Waals surface area contributed by atoms with Gasteiger partial charge in [-0.1, -0.05) is 30.3 Å². The molecule has 2 aromatic rings. The molecular weight excluding hydrogens is 330 g/mol. The number of hydrogen-bond acceptors (Lipinski definition) is 4. The van der Waals surface area contributed by atoms with Crippen molar-refractivity contribution in [2.24, 2.45) is 0 Å². The van der Waals surface area contributed by atoms with Gasteiger partial charge in [0.1, 0.15) is 5.82 Å². The SMILES string of the molecule is OCCC(Nc1nc(Cl)ncc1Br)c1ccccc1. The molecule has 4 nitrogen and oxygen atoms in total. The van der Waals surface area contributed by atoms with Crippen LogP contribution >= 0.6 is 27.5 Å². The molecule has 1 unspecified atom stereocenters. The molecule has 19 heavy (non-hydrogen) atoms. The maximum absolute atomic E-state index is 9.19. The fourth-order valence-corrected chi connectivity index (χ4v) is 2.19. The lowest BCUT2D eigenvalue weighted by Gasteiger charge is -2.19. The summed E-state index contributed by atoms with van der Waals surface area (Å²) in [5, 5.41) is 12.6. The summed E-state index contributed by atoms with van der Waals surface area (Å²) in [7, 11) is 0. The van der Waals surface area contributed by atoms with Gasteiger partial charge in [0.05, 0.1) is 10.5 Å². The molecule has 6 heteroatoms. The number of nitrogens with one attached hydrogen (secondary N) is 1. The Hall–Kier alpha value is -1.17. The normalized spacial score (nSPS) is 12.2. The van der Waals surface area contributed by atoms with Crippen LogP contribution in [0.2, 0.25) is 5.28 Å². The van der Waals surface area contributed by atoms with Gasteiger partial charge in [-0.25, -0.2) is 4.98 Å². The molecular formula is C13H13BrClN3O. The van der Waals surface area contributed by atoms with Gasteiger partial charge in [0.2, 0.25) is 5.28 Å². The molecule has 0 aliphatic rings. The highest BCUT2D eigenvalue weighted by Gasteiger charge is 2.13. The average Bonchev–Trinajstić information content (AvgIpc) is 2.43. The molecule has 0 bridgehead atoms. The Kier molecular flexibility index (Phi) is 5.13. The number of aliphatic hydroxyl groups is 1. The molecule has 1 aromatic carbocycles. The molecule has 0 amide bonds. The van der Waals surface area contributed by atoms with Gasteiger partial charge < -0.3 is 10.4 Å². The molecule has 0 spiro atoms. The molecule has 0 fully saturated rings. The Balaban J connectivity index is 2.24. The minimum absolute atomic E-state index is 0.0338. The molecule has 0 saturated heterocycles. The molecule has 2 rings (SSSR count). The summed E-state index contributed by atoms with van der Waals surface area (Å²) < 4.78 is 0.732. The van der Waals surface area contributed by atoms with Gasteiger partial charge in [-0.3, -0.25) is 0 Å². The first-order valence-corrected chi connectivity index (χ1v) is 6.98. The zero-order valence-corrected chi connectivity index (χ0v) is 12.4. The van der Waals surface area contributed by atoms with Crippen LogP contribution in [0.3, 0.4) is 0 Å². The van der Waals surface area contributed by atoms with Crippen molar-refractivity contribution in [3.8, 4) is 0 Å². The summed E-state index contributed by atoms with van der Waals surface area (Å²) in [6, 6.07) is 9.85. The van der Waals surface area contributed by atoms with E-state index in [4.69, 9.17) is 11.6 Å². The Morgan fingerprint density at radius 3 is 2.74 bits per heavy atom. The summed E-state index contributed by atoms with van der Waals surface area (Å²) in [6.07, 6.45) is 2.18. The van der Waals surface area contributed by atoms with Crippen LogP contribution < -0.4 is 5.32 Å². The number of halogens is 2. The van der Waals surface area contributed by atoms with E-state index in [2.05, 4.69) is 31.2 Å². The Morgan fingerprint density at radius 2 is 2.05 bits per heavy atom. The van der Waals surface area contributed by atoms with Crippen LogP contribution in [0.4, 0.5) is 5.82 Å². The smallest absolute Gasteiger partial charge is 0.224 e. The molecule has 0 aliphatic carbocycles. The molecule has 0 radical (unpaired) electrons. The first-order chi connectivity index (χ1) is 9.20. The van der Waals surface area contributed by atoms with Crippen molar-refractivity contribution in [1.82, 2.24) is 9.97 Å². The third-order valence-electron chi connectivity index (χ3n) is 2.65. The number of nitrogens with zero attached hydrogens (tertiary/aromatic N) is 2. The van der Waals surface area contributed by atoms with Crippen LogP contribution in [-0.2, 0) is 0 Å². The Bertz CT molecular complexity index is 539. The number of anilines is 1. The number of aromatic nitrogens is 2. The van der Waals surface area contributed by atoms with Crippen molar-refractivity contribution in [2.45, 2.75) is 12.5 Å². The van der Waals surface area contributed by atoms with E-state index in [-0.39, 0.29) is 17.9 Å². The van der Waals surface area contributed by atoms with Gasteiger partial charge >= 0.3 is 0 Å². The maximum Gasteiger partial charge on any atom is 0.224 e. The average molecular weight is 343 g/mol. The highest BCUT2D eigenvalue weighted by molar-refractivity contribution is 9.10. The van der Waals surface area contributed by atoms with Gasteiger partial charge in [0.15, 0.2) is 0 Å². The minimum atomic E-state index is -0.0338. The zero-order chi connectivity index (χ0) is 13.7. The summed E-state index contributed by atoms with van der Waals surface area (Å²) in [4.78, 5) is 8.02. The van der Waals surface area contributed by atoms with E-state index in [0.29, 0.717) is 12.2 Å². The van der Waals surface area contributed by atoms with Crippen molar-refractivity contribution in [3.05, 3.63) is 51.8 Å². The van der Waals surface area contributed by atoms with Gasteiger partial charge in [-0.05, 0) is 39.5 Å². The van der Waals surface area contributed by atoms with Crippen LogP contribution in [0.5, 0.6) is 0 Å². The van der Waals surface area contributed by atoms with Crippen molar-refractivity contribution < 1.29 is 5.11 Å².